The molecule has 4 aliphatic rings. The lowest BCUT2D eigenvalue weighted by Crippen LogP contribution is -2.38. The van der Waals surface area contributed by atoms with Crippen molar-refractivity contribution in [2.45, 2.75) is 82.3 Å². The highest BCUT2D eigenvalue weighted by Gasteiger charge is 2.74. The van der Waals surface area contributed by atoms with E-state index in [1.807, 2.05) is 26.0 Å². The van der Waals surface area contributed by atoms with Gasteiger partial charge in [0.1, 0.15) is 59.7 Å². The first-order chi connectivity index (χ1) is 39.0. The third-order valence-corrected chi connectivity index (χ3v) is 19.9. The van der Waals surface area contributed by atoms with Crippen LogP contribution in [0, 0.1) is 32.1 Å². The molecule has 4 N–H and O–H groups in total. The Morgan fingerprint density at radius 3 is 2.09 bits per heavy atom. The number of anilines is 1. The van der Waals surface area contributed by atoms with Crippen molar-refractivity contribution in [1.82, 2.24) is 39.0 Å². The zero-order chi connectivity index (χ0) is 56.4. The summed E-state index contributed by atoms with van der Waals surface area (Å²) in [5.41, 5.74) is 8.99. The summed E-state index contributed by atoms with van der Waals surface area (Å²) in [5, 5.41) is 12.6. The van der Waals surface area contributed by atoms with Crippen molar-refractivity contribution in [3.05, 3.63) is 166 Å². The van der Waals surface area contributed by atoms with Crippen LogP contribution in [0.15, 0.2) is 121 Å². The zero-order valence-corrected chi connectivity index (χ0v) is 46.4. The molecular formula is C54H53N9O15P2S. The van der Waals surface area contributed by atoms with Gasteiger partial charge in [-0.05, 0) is 104 Å². The van der Waals surface area contributed by atoms with Crippen LogP contribution in [0.5, 0.6) is 11.5 Å². The molecular weight excluding hydrogens is 1110 g/mol. The summed E-state index contributed by atoms with van der Waals surface area (Å²) in [6, 6.07) is 26.1. The number of ether oxygens (including phenoxy) is 4. The Kier molecular flexibility index (Phi) is 14.6. The fraction of sp³-hybridized carbons (Fsp3) is 0.333. The molecule has 2 bridgehead atoms. The Labute approximate surface area is 465 Å². The Morgan fingerprint density at radius 1 is 0.802 bits per heavy atom. The van der Waals surface area contributed by atoms with E-state index in [1.165, 1.54) is 30.7 Å². The highest BCUT2D eigenvalue weighted by atomic mass is 32.7. The normalized spacial score (nSPS) is 28.1. The van der Waals surface area contributed by atoms with E-state index in [2.05, 4.69) is 29.9 Å². The number of aryl methyl sites for hydroxylation is 3. The molecule has 2 aliphatic carbocycles. The maximum Gasteiger partial charge on any atom is 0.475 e. The Balaban J connectivity index is 0.883. The summed E-state index contributed by atoms with van der Waals surface area (Å²) in [5.74, 6) is -0.654. The van der Waals surface area contributed by atoms with Gasteiger partial charge in [0.2, 0.25) is 0 Å². The van der Waals surface area contributed by atoms with Gasteiger partial charge in [0.25, 0.3) is 5.56 Å². The van der Waals surface area contributed by atoms with E-state index in [4.69, 9.17) is 47.3 Å². The number of nitrogens with two attached hydrogens (primary N) is 1. The fourth-order valence-corrected chi connectivity index (χ4v) is 15.5. The van der Waals surface area contributed by atoms with Crippen molar-refractivity contribution < 1.29 is 65.4 Å². The van der Waals surface area contributed by atoms with Crippen LogP contribution < -0.4 is 20.8 Å². The van der Waals surface area contributed by atoms with E-state index in [0.717, 1.165) is 22.5 Å². The first kappa shape index (κ1) is 54.6. The topological polar surface area (TPSA) is 305 Å². The van der Waals surface area contributed by atoms with Crippen molar-refractivity contribution in [3.63, 3.8) is 0 Å². The quantitative estimate of drug-likeness (QED) is 0.0560. The third kappa shape index (κ3) is 10.8. The minimum Gasteiger partial charge on any atom is -0.423 e. The number of aromatic amines is 1. The van der Waals surface area contributed by atoms with E-state index >= 15 is 9.13 Å². The fourth-order valence-electron chi connectivity index (χ4n) is 10.6. The number of methoxy groups -OCH3 is 1. The number of hydrogen-bond acceptors (Lipinski definition) is 22. The van der Waals surface area contributed by atoms with Crippen molar-refractivity contribution in [2.24, 2.45) is 11.3 Å². The average molecular weight is 1160 g/mol. The van der Waals surface area contributed by atoms with Gasteiger partial charge in [-0.1, -0.05) is 59.7 Å². The maximum atomic E-state index is 15.8. The van der Waals surface area contributed by atoms with Gasteiger partial charge in [-0.25, -0.2) is 43.6 Å². The van der Waals surface area contributed by atoms with E-state index in [9.17, 15) is 19.5 Å². The molecule has 0 radical (unpaired) electrons. The number of phosphoric acid groups is 1. The number of carbonyl (C=O) groups excluding carboxylic acids is 2. The van der Waals surface area contributed by atoms with Crippen molar-refractivity contribution in [1.29, 1.82) is 0 Å². The van der Waals surface area contributed by atoms with Gasteiger partial charge in [-0.3, -0.25) is 32.0 Å². The first-order valence-electron chi connectivity index (χ1n) is 25.6. The number of H-pyrrole nitrogens is 1. The number of esters is 2. The monoisotopic (exact) mass is 1160 g/mol. The second kappa shape index (κ2) is 21.7. The third-order valence-electron chi connectivity index (χ3n) is 14.9. The number of aliphatic hydroxyl groups excluding tert-OH is 1. The standard InChI is InChI=1S/C54H53N9O15P2S/c1-29-5-13-34(14-6-29)52(66)74-36-17-9-32(10-18-36)22-71-79(68)73-25-54-21-38(54)42(62-27-58-40-47(55)56-26-57-48(40)62)43(64)46(54)78-80(69,81-24-33-11-19-37(20-12-33)75-53(67)35-15-7-30(2)8-16-35)72-23-39-44(70-4)45(77-79)51(76-39)63-28-59-41-49(63)60-31(3)61-50(41)65/h5-20,26-28,38-39,42-46,51,64H,21-25H2,1-4H3,(H2,55,56,57)(H,60,61,65)/t38-,39-,42-,43+,44-,45-,46+,51-,54-,79?,80?/m1/s1. The number of fused-ring (bicyclic) bond motifs is 4. The average Bonchev–Trinajstić information content (AvgIpc) is 2.03. The molecule has 420 valence electrons. The first-order valence-corrected chi connectivity index (χ1v) is 30.2. The Morgan fingerprint density at radius 2 is 1.43 bits per heavy atom. The van der Waals surface area contributed by atoms with Crippen LogP contribution in [0.4, 0.5) is 5.82 Å². The number of imidazole rings is 2. The molecule has 0 amide bonds. The van der Waals surface area contributed by atoms with Crippen molar-refractivity contribution >= 4 is 66.1 Å². The lowest BCUT2D eigenvalue weighted by atomic mass is 10.0. The molecule has 2 unspecified atom stereocenters. The maximum absolute atomic E-state index is 15.8. The van der Waals surface area contributed by atoms with Crippen molar-refractivity contribution in [2.75, 3.05) is 26.1 Å². The minimum absolute atomic E-state index is 0.0273. The number of nitrogens with one attached hydrogen (secondary N) is 1. The summed E-state index contributed by atoms with van der Waals surface area (Å²) in [4.78, 5) is 63.5. The lowest BCUT2D eigenvalue weighted by molar-refractivity contribution is -0.0617. The van der Waals surface area contributed by atoms with Crippen LogP contribution in [0.1, 0.15) is 67.5 Å². The number of phosphoric ester groups is 1. The molecule has 81 heavy (non-hydrogen) atoms. The minimum atomic E-state index is -4.87. The molecule has 24 nitrogen and oxygen atoms in total. The molecule has 27 heteroatoms. The second-order valence-corrected chi connectivity index (χ2v) is 25.9. The second-order valence-electron chi connectivity index (χ2n) is 20.3. The molecule has 12 rings (SSSR count). The van der Waals surface area contributed by atoms with Crippen LogP contribution in [0.2, 0.25) is 0 Å². The highest BCUT2D eigenvalue weighted by Crippen LogP contribution is 2.75. The molecule has 4 fully saturated rings. The number of aromatic nitrogens is 8. The van der Waals surface area contributed by atoms with Gasteiger partial charge < -0.3 is 39.3 Å². The zero-order valence-electron chi connectivity index (χ0n) is 43.8. The Bertz CT molecular complexity index is 3850. The van der Waals surface area contributed by atoms with Crippen LogP contribution in [-0.2, 0) is 53.6 Å². The summed E-state index contributed by atoms with van der Waals surface area (Å²) in [6.07, 6.45) is -3.40. The number of carbonyl (C=O) groups is 2. The molecule has 4 aromatic heterocycles. The van der Waals surface area contributed by atoms with Gasteiger partial charge in [-0.15, -0.1) is 0 Å². The van der Waals surface area contributed by atoms with E-state index in [0.29, 0.717) is 33.4 Å². The summed E-state index contributed by atoms with van der Waals surface area (Å²) in [6.45, 7) is -0.327. The highest BCUT2D eigenvalue weighted by molar-refractivity contribution is 8.54. The number of nitrogens with zero attached hydrogens (tertiary/aromatic N) is 7. The SMILES string of the molecule is CO[C@H]1[C@H]2OP(=O)(OCc3ccc(OC(=O)c4ccc(C)cc4)cc3)OC[C@]34C[C@@H]3[C@@H](n3cnc5c(N)ncnc53)[C@H](O)[C@@H]4OP(=O)(SCc3ccc(OC(=O)c4ccc(C)cc4)cc3)OC[C@H]1O[C@H]2n1cnc2c(=O)[nH]c(C)nc21. The van der Waals surface area contributed by atoms with Gasteiger partial charge in [0.15, 0.2) is 28.9 Å². The molecule has 6 heterocycles. The van der Waals surface area contributed by atoms with Crippen LogP contribution >= 0.6 is 26.0 Å². The Hall–Kier alpha value is -6.99. The molecule has 2 saturated heterocycles. The summed E-state index contributed by atoms with van der Waals surface area (Å²) in [7, 11) is -3.50. The lowest BCUT2D eigenvalue weighted by Gasteiger charge is -2.32. The predicted octanol–water partition coefficient (Wildman–Crippen LogP) is 7.92. The van der Waals surface area contributed by atoms with Gasteiger partial charge in [-0.2, -0.15) is 0 Å². The number of rotatable bonds is 13. The molecule has 8 aromatic rings. The number of benzene rings is 4. The molecule has 2 saturated carbocycles. The molecule has 2 aliphatic heterocycles. The smallest absolute Gasteiger partial charge is 0.423 e. The van der Waals surface area contributed by atoms with Gasteiger partial charge in [0.05, 0.1) is 49.6 Å². The van der Waals surface area contributed by atoms with E-state index < -0.39 is 99.5 Å². The summed E-state index contributed by atoms with van der Waals surface area (Å²) >= 11 is 0.843. The van der Waals surface area contributed by atoms with Gasteiger partial charge in [0, 0.05) is 18.3 Å². The van der Waals surface area contributed by atoms with Crippen LogP contribution in [0.3, 0.4) is 0 Å². The van der Waals surface area contributed by atoms with Crippen LogP contribution in [-0.4, -0.2) is 107 Å². The van der Waals surface area contributed by atoms with Crippen molar-refractivity contribution in [3.8, 4) is 11.5 Å². The largest absolute Gasteiger partial charge is 0.475 e. The molecule has 4 aromatic carbocycles. The van der Waals surface area contributed by atoms with E-state index in [1.54, 1.807) is 96.4 Å². The predicted molar refractivity (Wildman–Crippen MR) is 291 cm³/mol. The molecule has 1 spiro atoms. The van der Waals surface area contributed by atoms with Gasteiger partial charge >= 0.3 is 26.6 Å². The molecule has 11 atom stereocenters. The number of aliphatic hydroxyl groups is 1. The van der Waals surface area contributed by atoms with Crippen LogP contribution in [0.25, 0.3) is 22.3 Å². The number of hydrogen-bond donors (Lipinski definition) is 3. The number of nitrogen functional groups attached to an aromatic ring is 1. The summed E-state index contributed by atoms with van der Waals surface area (Å²) < 4.78 is 91.0. The van der Waals surface area contributed by atoms with E-state index in [-0.39, 0.29) is 53.1 Å².